The average molecular weight is 341 g/mol. The third-order valence-corrected chi connectivity index (χ3v) is 4.48. The monoisotopic (exact) mass is 340 g/mol. The SMILES string of the molecule is O=c1[nH]cnc(Sc2ccc3c(c2)OCCO3)c1Br. The summed E-state index contributed by atoms with van der Waals surface area (Å²) in [4.78, 5) is 19.0. The number of halogens is 1. The highest BCUT2D eigenvalue weighted by Crippen LogP contribution is 2.37. The summed E-state index contributed by atoms with van der Waals surface area (Å²) in [6, 6.07) is 5.65. The van der Waals surface area contributed by atoms with Crippen LogP contribution in [0.1, 0.15) is 0 Å². The summed E-state index contributed by atoms with van der Waals surface area (Å²) < 4.78 is 11.4. The van der Waals surface area contributed by atoms with E-state index in [-0.39, 0.29) is 5.56 Å². The van der Waals surface area contributed by atoms with Gasteiger partial charge in [-0.25, -0.2) is 4.98 Å². The zero-order chi connectivity index (χ0) is 13.2. The van der Waals surface area contributed by atoms with Crippen LogP contribution < -0.4 is 15.0 Å². The Kier molecular flexibility index (Phi) is 3.48. The summed E-state index contributed by atoms with van der Waals surface area (Å²) in [5.41, 5.74) is -0.199. The van der Waals surface area contributed by atoms with Gasteiger partial charge in [-0.15, -0.1) is 0 Å². The van der Waals surface area contributed by atoms with Gasteiger partial charge in [-0.1, -0.05) is 11.8 Å². The summed E-state index contributed by atoms with van der Waals surface area (Å²) in [6.45, 7) is 1.12. The van der Waals surface area contributed by atoms with Crippen LogP contribution >= 0.6 is 27.7 Å². The molecule has 1 aromatic carbocycles. The van der Waals surface area contributed by atoms with Gasteiger partial charge in [-0.2, -0.15) is 0 Å². The van der Waals surface area contributed by atoms with Crippen molar-refractivity contribution in [1.82, 2.24) is 9.97 Å². The van der Waals surface area contributed by atoms with Gasteiger partial charge < -0.3 is 14.5 Å². The number of fused-ring (bicyclic) bond motifs is 1. The standard InChI is InChI=1S/C12H9BrN2O3S/c13-10-11(16)14-6-15-12(10)19-7-1-2-8-9(5-7)18-4-3-17-8/h1-2,5-6H,3-4H2,(H,14,15,16). The van der Waals surface area contributed by atoms with Gasteiger partial charge >= 0.3 is 0 Å². The van der Waals surface area contributed by atoms with Gasteiger partial charge in [-0.3, -0.25) is 4.79 Å². The number of H-pyrrole nitrogens is 1. The van der Waals surface area contributed by atoms with Gasteiger partial charge in [0.2, 0.25) is 0 Å². The van der Waals surface area contributed by atoms with Crippen molar-refractivity contribution in [3.63, 3.8) is 0 Å². The minimum Gasteiger partial charge on any atom is -0.486 e. The highest BCUT2D eigenvalue weighted by molar-refractivity contribution is 9.10. The maximum atomic E-state index is 11.5. The van der Waals surface area contributed by atoms with Crippen LogP contribution in [0.5, 0.6) is 11.5 Å². The Labute approximate surface area is 121 Å². The molecule has 0 amide bonds. The molecule has 98 valence electrons. The van der Waals surface area contributed by atoms with E-state index in [9.17, 15) is 4.79 Å². The lowest BCUT2D eigenvalue weighted by atomic mass is 10.3. The quantitative estimate of drug-likeness (QED) is 0.850. The normalized spacial score (nSPS) is 13.3. The second kappa shape index (κ2) is 5.26. The van der Waals surface area contributed by atoms with Crippen molar-refractivity contribution in [2.24, 2.45) is 0 Å². The average Bonchev–Trinajstić information content (AvgIpc) is 2.44. The van der Waals surface area contributed by atoms with Crippen molar-refractivity contribution < 1.29 is 9.47 Å². The van der Waals surface area contributed by atoms with Crippen LogP contribution in [-0.4, -0.2) is 23.2 Å². The molecule has 0 spiro atoms. The zero-order valence-corrected chi connectivity index (χ0v) is 12.1. The Bertz CT molecular complexity index is 674. The molecule has 1 aliphatic heterocycles. The van der Waals surface area contributed by atoms with Crippen molar-refractivity contribution in [3.8, 4) is 11.5 Å². The number of ether oxygens (including phenoxy) is 2. The van der Waals surface area contributed by atoms with Crippen molar-refractivity contribution in [1.29, 1.82) is 0 Å². The van der Waals surface area contributed by atoms with Crippen LogP contribution in [0.3, 0.4) is 0 Å². The highest BCUT2D eigenvalue weighted by Gasteiger charge is 2.13. The van der Waals surface area contributed by atoms with Gasteiger partial charge in [-0.05, 0) is 34.1 Å². The fourth-order valence-corrected chi connectivity index (χ4v) is 2.91. The highest BCUT2D eigenvalue weighted by atomic mass is 79.9. The van der Waals surface area contributed by atoms with E-state index in [0.717, 1.165) is 16.4 Å². The number of benzene rings is 1. The van der Waals surface area contributed by atoms with Gasteiger partial charge in [0, 0.05) is 4.90 Å². The number of aromatic nitrogens is 2. The van der Waals surface area contributed by atoms with Crippen LogP contribution in [0.25, 0.3) is 0 Å². The number of aromatic amines is 1. The first kappa shape index (κ1) is 12.6. The van der Waals surface area contributed by atoms with E-state index in [0.29, 0.717) is 22.7 Å². The molecule has 0 bridgehead atoms. The maximum Gasteiger partial charge on any atom is 0.266 e. The molecule has 2 heterocycles. The molecule has 1 aliphatic rings. The second-order valence-corrected chi connectivity index (χ2v) is 5.61. The van der Waals surface area contributed by atoms with E-state index in [1.54, 1.807) is 0 Å². The van der Waals surface area contributed by atoms with E-state index >= 15 is 0 Å². The third-order valence-electron chi connectivity index (χ3n) is 2.49. The van der Waals surface area contributed by atoms with E-state index in [1.165, 1.54) is 18.1 Å². The van der Waals surface area contributed by atoms with Crippen LogP contribution in [0, 0.1) is 0 Å². The van der Waals surface area contributed by atoms with Crippen molar-refractivity contribution in [2.75, 3.05) is 13.2 Å². The lowest BCUT2D eigenvalue weighted by molar-refractivity contribution is 0.171. The van der Waals surface area contributed by atoms with Crippen LogP contribution in [0.15, 0.2) is 43.7 Å². The lowest BCUT2D eigenvalue weighted by Crippen LogP contribution is -2.15. The molecule has 5 nitrogen and oxygen atoms in total. The molecule has 0 saturated heterocycles. The Morgan fingerprint density at radius 2 is 2.05 bits per heavy atom. The van der Waals surface area contributed by atoms with Gasteiger partial charge in [0.1, 0.15) is 22.7 Å². The molecular weight excluding hydrogens is 332 g/mol. The molecule has 0 radical (unpaired) electrons. The van der Waals surface area contributed by atoms with E-state index < -0.39 is 0 Å². The largest absolute Gasteiger partial charge is 0.486 e. The van der Waals surface area contributed by atoms with E-state index in [4.69, 9.17) is 9.47 Å². The minimum absolute atomic E-state index is 0.199. The first-order chi connectivity index (χ1) is 9.24. The number of hydrogen-bond donors (Lipinski definition) is 1. The Morgan fingerprint density at radius 3 is 2.89 bits per heavy atom. The molecule has 0 atom stereocenters. The predicted octanol–water partition coefficient (Wildman–Crippen LogP) is 2.45. The molecule has 7 heteroatoms. The summed E-state index contributed by atoms with van der Waals surface area (Å²) >= 11 is 4.62. The topological polar surface area (TPSA) is 64.2 Å². The summed E-state index contributed by atoms with van der Waals surface area (Å²) in [7, 11) is 0. The first-order valence-corrected chi connectivity index (χ1v) is 7.15. The van der Waals surface area contributed by atoms with Crippen molar-refractivity contribution in [2.45, 2.75) is 9.92 Å². The first-order valence-electron chi connectivity index (χ1n) is 5.55. The summed E-state index contributed by atoms with van der Waals surface area (Å²) in [6.07, 6.45) is 1.38. The molecule has 0 aliphatic carbocycles. The summed E-state index contributed by atoms with van der Waals surface area (Å²) in [5, 5.41) is 0.612. The minimum atomic E-state index is -0.199. The molecule has 0 fully saturated rings. The molecule has 1 N–H and O–H groups in total. The fraction of sp³-hybridized carbons (Fsp3) is 0.167. The Hall–Kier alpha value is -1.47. The Morgan fingerprint density at radius 1 is 1.26 bits per heavy atom. The maximum absolute atomic E-state index is 11.5. The van der Waals surface area contributed by atoms with Gasteiger partial charge in [0.15, 0.2) is 11.5 Å². The number of nitrogens with zero attached hydrogens (tertiary/aromatic N) is 1. The fourth-order valence-electron chi connectivity index (χ4n) is 1.64. The smallest absolute Gasteiger partial charge is 0.266 e. The van der Waals surface area contributed by atoms with E-state index in [2.05, 4.69) is 25.9 Å². The molecule has 19 heavy (non-hydrogen) atoms. The molecule has 0 saturated carbocycles. The van der Waals surface area contributed by atoms with E-state index in [1.807, 2.05) is 18.2 Å². The second-order valence-electron chi connectivity index (χ2n) is 3.76. The van der Waals surface area contributed by atoms with Gasteiger partial charge in [0.05, 0.1) is 6.33 Å². The number of rotatable bonds is 2. The van der Waals surface area contributed by atoms with Crippen molar-refractivity contribution >= 4 is 27.7 Å². The molecule has 2 aromatic rings. The zero-order valence-electron chi connectivity index (χ0n) is 9.68. The lowest BCUT2D eigenvalue weighted by Gasteiger charge is -2.18. The number of nitrogens with one attached hydrogen (secondary N) is 1. The Balaban J connectivity index is 1.91. The predicted molar refractivity (Wildman–Crippen MR) is 74.1 cm³/mol. The van der Waals surface area contributed by atoms with Crippen molar-refractivity contribution in [3.05, 3.63) is 39.4 Å². The van der Waals surface area contributed by atoms with Crippen LogP contribution in [0.2, 0.25) is 0 Å². The molecule has 3 rings (SSSR count). The van der Waals surface area contributed by atoms with Gasteiger partial charge in [0.25, 0.3) is 5.56 Å². The molecule has 1 aromatic heterocycles. The number of hydrogen-bond acceptors (Lipinski definition) is 5. The third kappa shape index (κ3) is 2.62. The summed E-state index contributed by atoms with van der Waals surface area (Å²) in [5.74, 6) is 1.46. The van der Waals surface area contributed by atoms with Crippen LogP contribution in [0.4, 0.5) is 0 Å². The molecular formula is C12H9BrN2O3S. The molecule has 0 unspecified atom stereocenters. The van der Waals surface area contributed by atoms with Crippen LogP contribution in [-0.2, 0) is 0 Å².